The van der Waals surface area contributed by atoms with Gasteiger partial charge in [0.05, 0.1) is 24.3 Å². The first-order chi connectivity index (χ1) is 9.31. The maximum atomic E-state index is 12.6. The zero-order valence-electron chi connectivity index (χ0n) is 10.7. The van der Waals surface area contributed by atoms with Gasteiger partial charge in [-0.15, -0.1) is 0 Å². The summed E-state index contributed by atoms with van der Waals surface area (Å²) in [7, 11) is 1.53. The van der Waals surface area contributed by atoms with Gasteiger partial charge in [-0.2, -0.15) is 0 Å². The maximum absolute atomic E-state index is 12.6. The molecule has 4 heteroatoms. The number of aryl methyl sites for hydroxylation is 1. The molecule has 0 fully saturated rings. The second kappa shape index (κ2) is 4.80. The Morgan fingerprint density at radius 1 is 1.26 bits per heavy atom. The fourth-order valence-electron chi connectivity index (χ4n) is 2.60. The molecule has 19 heavy (non-hydrogen) atoms. The van der Waals surface area contributed by atoms with Crippen molar-refractivity contribution >= 4 is 5.78 Å². The quantitative estimate of drug-likeness (QED) is 0.789. The summed E-state index contributed by atoms with van der Waals surface area (Å²) in [5, 5.41) is 0. The van der Waals surface area contributed by atoms with Crippen LogP contribution >= 0.6 is 0 Å². The molecule has 2 aromatic rings. The Balaban J connectivity index is 1.98. The molecule has 0 saturated carbocycles. The molecule has 0 spiro atoms. The monoisotopic (exact) mass is 254 g/mol. The van der Waals surface area contributed by atoms with Crippen LogP contribution in [0.4, 0.5) is 0 Å². The summed E-state index contributed by atoms with van der Waals surface area (Å²) in [5.74, 6) is 0.258. The van der Waals surface area contributed by atoms with E-state index in [-0.39, 0.29) is 11.7 Å². The molecule has 0 N–H and O–H groups in total. The van der Waals surface area contributed by atoms with Crippen molar-refractivity contribution in [2.45, 2.75) is 18.8 Å². The van der Waals surface area contributed by atoms with Gasteiger partial charge < -0.3 is 4.74 Å². The average Bonchev–Trinajstić information content (AvgIpc) is 2.90. The zero-order chi connectivity index (χ0) is 13.2. The first kappa shape index (κ1) is 11.8. The van der Waals surface area contributed by atoms with Crippen molar-refractivity contribution in [1.82, 2.24) is 9.97 Å². The highest BCUT2D eigenvalue weighted by atomic mass is 16.5. The standard InChI is InChI=1S/C15H14N2O2/c1-19-15-12(5-3-9-17-15)14(18)11-7-6-10-4-2-8-16-13(10)11/h2-5,8-9,11H,6-7H2,1H3. The van der Waals surface area contributed by atoms with E-state index < -0.39 is 0 Å². The minimum absolute atomic E-state index is 0.0439. The van der Waals surface area contributed by atoms with Crippen LogP contribution in [0.2, 0.25) is 0 Å². The van der Waals surface area contributed by atoms with Crippen molar-refractivity contribution < 1.29 is 9.53 Å². The first-order valence-corrected chi connectivity index (χ1v) is 6.28. The molecule has 1 atom stereocenters. The number of methoxy groups -OCH3 is 1. The highest BCUT2D eigenvalue weighted by molar-refractivity contribution is 6.03. The highest BCUT2D eigenvalue weighted by Crippen LogP contribution is 2.35. The molecule has 0 aromatic carbocycles. The van der Waals surface area contributed by atoms with E-state index in [2.05, 4.69) is 9.97 Å². The Kier molecular flexibility index (Phi) is 2.99. The normalized spacial score (nSPS) is 17.0. The SMILES string of the molecule is COc1ncccc1C(=O)C1CCc2cccnc21. The van der Waals surface area contributed by atoms with Crippen molar-refractivity contribution in [1.29, 1.82) is 0 Å². The van der Waals surface area contributed by atoms with Crippen LogP contribution in [0, 0.1) is 0 Å². The number of pyridine rings is 2. The van der Waals surface area contributed by atoms with Gasteiger partial charge in [-0.3, -0.25) is 9.78 Å². The van der Waals surface area contributed by atoms with Gasteiger partial charge in [0.15, 0.2) is 5.78 Å². The summed E-state index contributed by atoms with van der Waals surface area (Å²) in [6.07, 6.45) is 5.08. The van der Waals surface area contributed by atoms with Gasteiger partial charge in [-0.1, -0.05) is 6.07 Å². The van der Waals surface area contributed by atoms with E-state index >= 15 is 0 Å². The summed E-state index contributed by atoms with van der Waals surface area (Å²) in [4.78, 5) is 21.1. The topological polar surface area (TPSA) is 52.1 Å². The highest BCUT2D eigenvalue weighted by Gasteiger charge is 2.31. The fraction of sp³-hybridized carbons (Fsp3) is 0.267. The number of rotatable bonds is 3. The number of hydrogen-bond acceptors (Lipinski definition) is 4. The van der Waals surface area contributed by atoms with Gasteiger partial charge in [0.25, 0.3) is 0 Å². The molecule has 0 aliphatic heterocycles. The molecule has 1 unspecified atom stereocenters. The third kappa shape index (κ3) is 1.99. The number of hydrogen-bond donors (Lipinski definition) is 0. The van der Waals surface area contributed by atoms with Crippen molar-refractivity contribution in [2.24, 2.45) is 0 Å². The molecule has 3 rings (SSSR count). The van der Waals surface area contributed by atoms with Crippen molar-refractivity contribution in [2.75, 3.05) is 7.11 Å². The Morgan fingerprint density at radius 3 is 2.89 bits per heavy atom. The van der Waals surface area contributed by atoms with E-state index in [9.17, 15) is 4.79 Å². The number of ketones is 1. The van der Waals surface area contributed by atoms with Gasteiger partial charge in [-0.25, -0.2) is 4.98 Å². The number of fused-ring (bicyclic) bond motifs is 1. The van der Waals surface area contributed by atoms with E-state index in [0.717, 1.165) is 18.5 Å². The van der Waals surface area contributed by atoms with Crippen molar-refractivity contribution in [3.05, 3.63) is 53.5 Å². The van der Waals surface area contributed by atoms with Crippen molar-refractivity contribution in [3.63, 3.8) is 0 Å². The predicted octanol–water partition coefficient (Wildman–Crippen LogP) is 2.40. The summed E-state index contributed by atoms with van der Waals surface area (Å²) in [6, 6.07) is 7.46. The third-order valence-electron chi connectivity index (χ3n) is 3.50. The second-order valence-electron chi connectivity index (χ2n) is 4.56. The minimum atomic E-state index is -0.172. The lowest BCUT2D eigenvalue weighted by atomic mass is 9.96. The number of nitrogens with zero attached hydrogens (tertiary/aromatic N) is 2. The number of carbonyl (C=O) groups is 1. The number of ether oxygens (including phenoxy) is 1. The molecular weight excluding hydrogens is 240 g/mol. The van der Waals surface area contributed by atoms with Crippen LogP contribution in [0.25, 0.3) is 0 Å². The van der Waals surface area contributed by atoms with E-state index in [4.69, 9.17) is 4.74 Å². The first-order valence-electron chi connectivity index (χ1n) is 6.28. The molecule has 1 aliphatic rings. The molecule has 1 aliphatic carbocycles. The molecule has 0 bridgehead atoms. The molecule has 0 amide bonds. The fourth-order valence-corrected chi connectivity index (χ4v) is 2.60. The summed E-state index contributed by atoms with van der Waals surface area (Å²) >= 11 is 0. The molecule has 2 heterocycles. The smallest absolute Gasteiger partial charge is 0.224 e. The van der Waals surface area contributed by atoms with Crippen LogP contribution in [0.5, 0.6) is 5.88 Å². The van der Waals surface area contributed by atoms with Crippen LogP contribution in [0.15, 0.2) is 36.7 Å². The van der Waals surface area contributed by atoms with Gasteiger partial charge in [0.2, 0.25) is 5.88 Å². The Bertz CT molecular complexity index is 625. The summed E-state index contributed by atoms with van der Waals surface area (Å²) < 4.78 is 5.16. The van der Waals surface area contributed by atoms with E-state index in [1.165, 1.54) is 12.7 Å². The lowest BCUT2D eigenvalue weighted by Gasteiger charge is -2.11. The summed E-state index contributed by atoms with van der Waals surface area (Å²) in [6.45, 7) is 0. The van der Waals surface area contributed by atoms with Gasteiger partial charge in [0.1, 0.15) is 0 Å². The third-order valence-corrected chi connectivity index (χ3v) is 3.50. The Hall–Kier alpha value is -2.23. The molecule has 2 aromatic heterocycles. The maximum Gasteiger partial charge on any atom is 0.224 e. The molecule has 4 nitrogen and oxygen atoms in total. The van der Waals surface area contributed by atoms with E-state index in [1.54, 1.807) is 24.5 Å². The van der Waals surface area contributed by atoms with Gasteiger partial charge >= 0.3 is 0 Å². The second-order valence-corrected chi connectivity index (χ2v) is 4.56. The molecule has 96 valence electrons. The van der Waals surface area contributed by atoms with E-state index in [1.807, 2.05) is 12.1 Å². The van der Waals surface area contributed by atoms with Gasteiger partial charge in [-0.05, 0) is 36.6 Å². The number of Topliss-reactive ketones (excluding diaryl/α,β-unsaturated/α-hetero) is 1. The van der Waals surface area contributed by atoms with Crippen LogP contribution in [-0.4, -0.2) is 22.9 Å². The van der Waals surface area contributed by atoms with Crippen LogP contribution in [0.1, 0.15) is 34.0 Å². The average molecular weight is 254 g/mol. The molecule has 0 saturated heterocycles. The molecular formula is C15H14N2O2. The Labute approximate surface area is 111 Å². The molecule has 0 radical (unpaired) electrons. The van der Waals surface area contributed by atoms with Crippen LogP contribution in [0.3, 0.4) is 0 Å². The van der Waals surface area contributed by atoms with Crippen molar-refractivity contribution in [3.8, 4) is 5.88 Å². The largest absolute Gasteiger partial charge is 0.480 e. The lowest BCUT2D eigenvalue weighted by molar-refractivity contribution is 0.0954. The minimum Gasteiger partial charge on any atom is -0.480 e. The number of aromatic nitrogens is 2. The van der Waals surface area contributed by atoms with Crippen LogP contribution in [-0.2, 0) is 6.42 Å². The lowest BCUT2D eigenvalue weighted by Crippen LogP contribution is -2.13. The summed E-state index contributed by atoms with van der Waals surface area (Å²) in [5.41, 5.74) is 2.61. The zero-order valence-corrected chi connectivity index (χ0v) is 10.7. The Morgan fingerprint density at radius 2 is 2.05 bits per heavy atom. The van der Waals surface area contributed by atoms with Crippen LogP contribution < -0.4 is 4.74 Å². The number of carbonyl (C=O) groups excluding carboxylic acids is 1. The van der Waals surface area contributed by atoms with E-state index in [0.29, 0.717) is 11.4 Å². The predicted molar refractivity (Wildman–Crippen MR) is 70.4 cm³/mol. The van der Waals surface area contributed by atoms with Gasteiger partial charge in [0, 0.05) is 12.4 Å².